The van der Waals surface area contributed by atoms with Crippen molar-refractivity contribution in [2.24, 2.45) is 0 Å². The van der Waals surface area contributed by atoms with Crippen molar-refractivity contribution in [1.82, 2.24) is 0 Å². The minimum absolute atomic E-state index is 0.0671. The second-order valence-electron chi connectivity index (χ2n) is 4.55. The highest BCUT2D eigenvalue weighted by Gasteiger charge is 2.05. The second-order valence-corrected chi connectivity index (χ2v) is 4.55. The monoisotopic (exact) mass is 292 g/mol. The third-order valence-corrected chi connectivity index (χ3v) is 3.02. The van der Waals surface area contributed by atoms with Gasteiger partial charge in [0.2, 0.25) is 0 Å². The fourth-order valence-corrected chi connectivity index (χ4v) is 1.92. The zero-order chi connectivity index (χ0) is 15.8. The van der Waals surface area contributed by atoms with E-state index in [9.17, 15) is 4.79 Å². The van der Waals surface area contributed by atoms with E-state index in [0.717, 1.165) is 0 Å². The number of phenols is 1. The maximum atomic E-state index is 10.3. The third kappa shape index (κ3) is 4.21. The summed E-state index contributed by atoms with van der Waals surface area (Å²) in [6.45, 7) is 0. The topological polar surface area (TPSA) is 57.5 Å². The van der Waals surface area contributed by atoms with Crippen molar-refractivity contribution >= 4 is 5.97 Å². The summed E-state index contributed by atoms with van der Waals surface area (Å²) in [7, 11) is 0. The van der Waals surface area contributed by atoms with Crippen LogP contribution in [-0.4, -0.2) is 16.2 Å². The van der Waals surface area contributed by atoms with Gasteiger partial charge in [-0.1, -0.05) is 72.8 Å². The van der Waals surface area contributed by atoms with Crippen molar-refractivity contribution in [2.45, 2.75) is 0 Å². The number of hydrogen-bond donors (Lipinski definition) is 2. The predicted molar refractivity (Wildman–Crippen MR) is 86.9 cm³/mol. The normalized spacial score (nSPS) is 9.45. The first-order valence-corrected chi connectivity index (χ1v) is 6.80. The second kappa shape index (κ2) is 7.64. The van der Waals surface area contributed by atoms with Crippen LogP contribution >= 0.6 is 0 Å². The molecule has 0 aliphatic carbocycles. The summed E-state index contributed by atoms with van der Waals surface area (Å²) in [5.41, 5.74) is 2.48. The maximum absolute atomic E-state index is 10.3. The number of carbonyl (C=O) groups is 1. The van der Waals surface area contributed by atoms with Gasteiger partial charge in [0.05, 0.1) is 0 Å². The smallest absolute Gasteiger partial charge is 0.339 e. The molecule has 0 atom stereocenters. The quantitative estimate of drug-likeness (QED) is 0.734. The molecular weight excluding hydrogens is 276 g/mol. The third-order valence-electron chi connectivity index (χ3n) is 3.02. The van der Waals surface area contributed by atoms with Crippen molar-refractivity contribution in [3.05, 3.63) is 90.5 Å². The fourth-order valence-electron chi connectivity index (χ4n) is 1.92. The SMILES string of the molecule is O=C(O)c1ccccc1O.c1ccc(-c2ccccc2)cc1. The highest BCUT2D eigenvalue weighted by molar-refractivity contribution is 5.90. The van der Waals surface area contributed by atoms with Gasteiger partial charge in [-0.25, -0.2) is 4.79 Å². The minimum atomic E-state index is -1.11. The molecule has 3 rings (SSSR count). The molecule has 3 nitrogen and oxygen atoms in total. The van der Waals surface area contributed by atoms with Crippen LogP contribution in [0, 0.1) is 0 Å². The van der Waals surface area contributed by atoms with Crippen LogP contribution in [0.3, 0.4) is 0 Å². The number of carboxylic acids is 1. The Balaban J connectivity index is 0.000000164. The van der Waals surface area contributed by atoms with Crippen LogP contribution in [0.25, 0.3) is 11.1 Å². The van der Waals surface area contributed by atoms with Crippen molar-refractivity contribution < 1.29 is 15.0 Å². The maximum Gasteiger partial charge on any atom is 0.339 e. The average Bonchev–Trinajstić information content (AvgIpc) is 2.57. The lowest BCUT2D eigenvalue weighted by Crippen LogP contribution is -1.95. The molecule has 0 heterocycles. The molecule has 0 aromatic heterocycles. The lowest BCUT2D eigenvalue weighted by atomic mass is 10.1. The van der Waals surface area contributed by atoms with Crippen molar-refractivity contribution in [3.8, 4) is 16.9 Å². The molecule has 110 valence electrons. The Hall–Kier alpha value is -3.07. The summed E-state index contributed by atoms with van der Waals surface area (Å²) in [5, 5.41) is 17.3. The van der Waals surface area contributed by atoms with Gasteiger partial charge in [-0.3, -0.25) is 0 Å². The number of aromatic carboxylic acids is 1. The number of aromatic hydroxyl groups is 1. The lowest BCUT2D eigenvalue weighted by molar-refractivity contribution is 0.0693. The first-order valence-electron chi connectivity index (χ1n) is 6.80. The largest absolute Gasteiger partial charge is 0.507 e. The number of rotatable bonds is 2. The number of hydrogen-bond acceptors (Lipinski definition) is 2. The summed E-state index contributed by atoms with van der Waals surface area (Å²) in [5.74, 6) is -1.31. The lowest BCUT2D eigenvalue weighted by Gasteiger charge is -1.98. The Kier molecular flexibility index (Phi) is 5.32. The average molecular weight is 292 g/mol. The van der Waals surface area contributed by atoms with E-state index in [1.54, 1.807) is 12.1 Å². The molecule has 0 radical (unpaired) electrons. The zero-order valence-electron chi connectivity index (χ0n) is 11.9. The van der Waals surface area contributed by atoms with Crippen molar-refractivity contribution in [3.63, 3.8) is 0 Å². The molecular formula is C19H16O3. The highest BCUT2D eigenvalue weighted by Crippen LogP contribution is 2.17. The highest BCUT2D eigenvalue weighted by atomic mass is 16.4. The molecule has 0 spiro atoms. The van der Waals surface area contributed by atoms with E-state index >= 15 is 0 Å². The molecule has 0 unspecified atom stereocenters. The van der Waals surface area contributed by atoms with Gasteiger partial charge in [-0.2, -0.15) is 0 Å². The van der Waals surface area contributed by atoms with Gasteiger partial charge < -0.3 is 10.2 Å². The zero-order valence-corrected chi connectivity index (χ0v) is 11.9. The van der Waals surface area contributed by atoms with Crippen LogP contribution in [0.5, 0.6) is 5.75 Å². The van der Waals surface area contributed by atoms with E-state index in [2.05, 4.69) is 48.5 Å². The Morgan fingerprint density at radius 3 is 1.41 bits per heavy atom. The summed E-state index contributed by atoms with van der Waals surface area (Å²) in [6, 6.07) is 26.6. The van der Waals surface area contributed by atoms with Gasteiger partial charge in [-0.05, 0) is 23.3 Å². The molecule has 0 aliphatic heterocycles. The Labute approximate surface area is 129 Å². The molecule has 3 heteroatoms. The molecule has 0 amide bonds. The first-order chi connectivity index (χ1) is 10.7. The summed E-state index contributed by atoms with van der Waals surface area (Å²) >= 11 is 0. The first kappa shape index (κ1) is 15.3. The van der Waals surface area contributed by atoms with Crippen LogP contribution in [0.4, 0.5) is 0 Å². The number of benzene rings is 3. The minimum Gasteiger partial charge on any atom is -0.507 e. The van der Waals surface area contributed by atoms with Crippen LogP contribution in [-0.2, 0) is 0 Å². The molecule has 0 saturated carbocycles. The van der Waals surface area contributed by atoms with Crippen LogP contribution < -0.4 is 0 Å². The molecule has 0 fully saturated rings. The van der Waals surface area contributed by atoms with Gasteiger partial charge in [0.15, 0.2) is 0 Å². The Morgan fingerprint density at radius 1 is 0.636 bits per heavy atom. The van der Waals surface area contributed by atoms with Gasteiger partial charge >= 0.3 is 5.97 Å². The molecule has 3 aromatic rings. The van der Waals surface area contributed by atoms with Gasteiger partial charge in [0.25, 0.3) is 0 Å². The van der Waals surface area contributed by atoms with Gasteiger partial charge in [-0.15, -0.1) is 0 Å². The van der Waals surface area contributed by atoms with Crippen LogP contribution in [0.2, 0.25) is 0 Å². The van der Waals surface area contributed by atoms with Crippen LogP contribution in [0.1, 0.15) is 10.4 Å². The summed E-state index contributed by atoms with van der Waals surface area (Å²) in [6.07, 6.45) is 0. The van der Waals surface area contributed by atoms with Gasteiger partial charge in [0.1, 0.15) is 11.3 Å². The van der Waals surface area contributed by atoms with Crippen molar-refractivity contribution in [2.75, 3.05) is 0 Å². The predicted octanol–water partition coefficient (Wildman–Crippen LogP) is 4.44. The standard InChI is InChI=1S/C12H10.C7H6O3/c1-3-7-11(8-4-1)12-9-5-2-6-10-12;8-6-4-2-1-3-5(6)7(9)10/h1-10H;1-4,8H,(H,9,10). The molecule has 0 bridgehead atoms. The molecule has 2 N–H and O–H groups in total. The molecule has 3 aromatic carbocycles. The Bertz CT molecular complexity index is 684. The van der Waals surface area contributed by atoms with Gasteiger partial charge in [0, 0.05) is 0 Å². The van der Waals surface area contributed by atoms with E-state index in [1.165, 1.54) is 23.3 Å². The van der Waals surface area contributed by atoms with Crippen LogP contribution in [0.15, 0.2) is 84.9 Å². The van der Waals surface area contributed by atoms with E-state index < -0.39 is 5.97 Å². The van der Waals surface area contributed by atoms with Crippen molar-refractivity contribution in [1.29, 1.82) is 0 Å². The van der Waals surface area contributed by atoms with E-state index in [4.69, 9.17) is 10.2 Å². The number of carboxylic acid groups (broad SMARTS) is 1. The molecule has 22 heavy (non-hydrogen) atoms. The number of para-hydroxylation sites is 1. The molecule has 0 aliphatic rings. The van der Waals surface area contributed by atoms with E-state index in [0.29, 0.717) is 0 Å². The Morgan fingerprint density at radius 2 is 1.05 bits per heavy atom. The summed E-state index contributed by atoms with van der Waals surface area (Å²) < 4.78 is 0. The molecule has 0 saturated heterocycles. The fraction of sp³-hybridized carbons (Fsp3) is 0. The van der Waals surface area contributed by atoms with E-state index in [1.807, 2.05) is 12.1 Å². The van der Waals surface area contributed by atoms with E-state index in [-0.39, 0.29) is 11.3 Å². The summed E-state index contributed by atoms with van der Waals surface area (Å²) in [4.78, 5) is 10.3.